The van der Waals surface area contributed by atoms with E-state index < -0.39 is 0 Å². The molecule has 0 bridgehead atoms. The van der Waals surface area contributed by atoms with Crippen molar-refractivity contribution >= 4 is 38.7 Å². The predicted octanol–water partition coefficient (Wildman–Crippen LogP) is 4.24. The fourth-order valence-electron chi connectivity index (χ4n) is 2.25. The Hall–Kier alpha value is -2.53. The number of aromatic amines is 1. The highest BCUT2D eigenvalue weighted by molar-refractivity contribution is 8.14. The molecule has 2 heterocycles. The predicted molar refractivity (Wildman–Crippen MR) is 82.5 cm³/mol. The van der Waals surface area contributed by atoms with E-state index in [1.54, 1.807) is 12.1 Å². The average Bonchev–Trinajstić information content (AvgIpc) is 3.13. The molecule has 0 spiro atoms. The molecule has 0 amide bonds. The van der Waals surface area contributed by atoms with Crippen LogP contribution in [0.4, 0.5) is 0 Å². The lowest BCUT2D eigenvalue weighted by atomic mass is 10.1. The van der Waals surface area contributed by atoms with Crippen LogP contribution >= 0.6 is 11.8 Å². The van der Waals surface area contributed by atoms with Crippen molar-refractivity contribution in [3.05, 3.63) is 60.6 Å². The van der Waals surface area contributed by atoms with E-state index in [4.69, 9.17) is 4.42 Å². The van der Waals surface area contributed by atoms with Gasteiger partial charge in [-0.3, -0.25) is 4.79 Å². The number of rotatable bonds is 2. The number of H-pyrrole nitrogens is 1. The van der Waals surface area contributed by atoms with Gasteiger partial charge in [-0.2, -0.15) is 0 Å². The van der Waals surface area contributed by atoms with Crippen LogP contribution in [0.15, 0.2) is 64.4 Å². The number of furan rings is 1. The first-order valence-corrected chi connectivity index (χ1v) is 7.25. The third-order valence-corrected chi connectivity index (χ3v) is 4.01. The zero-order valence-electron chi connectivity index (χ0n) is 10.9. The minimum atomic E-state index is -0.163. The Morgan fingerprint density at radius 3 is 2.67 bits per heavy atom. The maximum atomic E-state index is 12.0. The maximum absolute atomic E-state index is 12.0. The fraction of sp³-hybridized carbons (Fsp3) is 0. The van der Waals surface area contributed by atoms with Crippen molar-refractivity contribution in [2.75, 3.05) is 0 Å². The van der Waals surface area contributed by atoms with E-state index >= 15 is 0 Å². The molecule has 0 aliphatic rings. The van der Waals surface area contributed by atoms with E-state index in [9.17, 15) is 4.79 Å². The summed E-state index contributed by atoms with van der Waals surface area (Å²) in [5, 5.41) is 2.68. The summed E-state index contributed by atoms with van der Waals surface area (Å²) >= 11 is 1.03. The van der Waals surface area contributed by atoms with E-state index in [2.05, 4.69) is 16.0 Å². The zero-order valence-corrected chi connectivity index (χ0v) is 11.7. The van der Waals surface area contributed by atoms with Crippen LogP contribution in [0.3, 0.4) is 0 Å². The molecule has 2 aromatic carbocycles. The summed E-state index contributed by atoms with van der Waals surface area (Å²) in [7, 11) is 0. The van der Waals surface area contributed by atoms with Crippen LogP contribution in [0.1, 0.15) is 10.6 Å². The lowest BCUT2D eigenvalue weighted by molar-refractivity contribution is 0.106. The Morgan fingerprint density at radius 1 is 1.10 bits per heavy atom. The van der Waals surface area contributed by atoms with Gasteiger partial charge < -0.3 is 9.40 Å². The number of benzene rings is 2. The SMILES string of the molecule is O=C(Sc1nc2cc3ccccc3cc2[nH]1)c1ccco1. The van der Waals surface area contributed by atoms with Crippen LogP contribution in [0, 0.1) is 0 Å². The summed E-state index contributed by atoms with van der Waals surface area (Å²) in [6.45, 7) is 0. The van der Waals surface area contributed by atoms with Gasteiger partial charge in [0.1, 0.15) is 0 Å². The highest BCUT2D eigenvalue weighted by Gasteiger charge is 2.14. The van der Waals surface area contributed by atoms with E-state index in [-0.39, 0.29) is 5.12 Å². The number of hydrogen-bond donors (Lipinski definition) is 1. The second-order valence-corrected chi connectivity index (χ2v) is 5.59. The molecule has 5 heteroatoms. The number of nitrogens with zero attached hydrogens (tertiary/aromatic N) is 1. The smallest absolute Gasteiger partial charge is 0.262 e. The molecule has 0 atom stereocenters. The van der Waals surface area contributed by atoms with E-state index in [1.165, 1.54) is 6.26 Å². The minimum Gasteiger partial charge on any atom is -0.460 e. The Kier molecular flexibility index (Phi) is 2.79. The summed E-state index contributed by atoms with van der Waals surface area (Å²) in [4.78, 5) is 19.6. The minimum absolute atomic E-state index is 0.163. The first-order valence-electron chi connectivity index (χ1n) is 6.44. The highest BCUT2D eigenvalue weighted by atomic mass is 32.2. The Bertz CT molecular complexity index is 889. The Balaban J connectivity index is 1.73. The summed E-state index contributed by atoms with van der Waals surface area (Å²) in [6, 6.07) is 15.5. The van der Waals surface area contributed by atoms with Crippen molar-refractivity contribution in [3.63, 3.8) is 0 Å². The van der Waals surface area contributed by atoms with Gasteiger partial charge in [0.05, 0.1) is 17.3 Å². The topological polar surface area (TPSA) is 58.9 Å². The lowest BCUT2D eigenvalue weighted by Gasteiger charge is -1.95. The van der Waals surface area contributed by atoms with Crippen molar-refractivity contribution in [2.24, 2.45) is 0 Å². The number of fused-ring (bicyclic) bond motifs is 2. The van der Waals surface area contributed by atoms with Gasteiger partial charge in [0.25, 0.3) is 5.12 Å². The summed E-state index contributed by atoms with van der Waals surface area (Å²) in [6.07, 6.45) is 1.49. The molecule has 21 heavy (non-hydrogen) atoms. The highest BCUT2D eigenvalue weighted by Crippen LogP contribution is 2.26. The van der Waals surface area contributed by atoms with E-state index in [0.717, 1.165) is 33.6 Å². The monoisotopic (exact) mass is 294 g/mol. The maximum Gasteiger partial charge on any atom is 0.262 e. The van der Waals surface area contributed by atoms with Crippen LogP contribution < -0.4 is 0 Å². The molecule has 1 N–H and O–H groups in total. The molecular formula is C16H10N2O2S. The summed E-state index contributed by atoms with van der Waals surface area (Å²) in [5.74, 6) is 0.325. The van der Waals surface area contributed by atoms with Crippen LogP contribution in [0.25, 0.3) is 21.8 Å². The first kappa shape index (κ1) is 12.2. The molecule has 0 radical (unpaired) electrons. The molecule has 0 saturated heterocycles. The van der Waals surface area contributed by atoms with Gasteiger partial charge in [0.2, 0.25) is 0 Å². The molecule has 4 rings (SSSR count). The number of carbonyl (C=O) groups is 1. The van der Waals surface area contributed by atoms with Crippen molar-refractivity contribution < 1.29 is 9.21 Å². The van der Waals surface area contributed by atoms with Gasteiger partial charge in [-0.05, 0) is 46.8 Å². The number of thioether (sulfide) groups is 1. The van der Waals surface area contributed by atoms with Gasteiger partial charge >= 0.3 is 0 Å². The van der Waals surface area contributed by atoms with E-state index in [1.807, 2.05) is 30.3 Å². The third-order valence-electron chi connectivity index (χ3n) is 3.24. The number of nitrogens with one attached hydrogen (secondary N) is 1. The van der Waals surface area contributed by atoms with Crippen LogP contribution in [-0.4, -0.2) is 15.1 Å². The Morgan fingerprint density at radius 2 is 1.90 bits per heavy atom. The standard InChI is InChI=1S/C16H10N2O2S/c19-15(14-6-3-7-20-14)21-16-17-12-8-10-4-1-2-5-11(10)9-13(12)18-16/h1-9H,(H,17,18). The molecule has 0 unspecified atom stereocenters. The molecule has 4 aromatic rings. The van der Waals surface area contributed by atoms with E-state index in [0.29, 0.717) is 10.9 Å². The van der Waals surface area contributed by atoms with Crippen LogP contribution in [-0.2, 0) is 0 Å². The van der Waals surface area contributed by atoms with Crippen LogP contribution in [0.2, 0.25) is 0 Å². The van der Waals surface area contributed by atoms with Crippen LogP contribution in [0.5, 0.6) is 0 Å². The Labute approximate surface area is 124 Å². The van der Waals surface area contributed by atoms with Gasteiger partial charge in [0, 0.05) is 0 Å². The molecule has 2 aromatic heterocycles. The van der Waals surface area contributed by atoms with Gasteiger partial charge in [-0.15, -0.1) is 0 Å². The average molecular weight is 294 g/mol. The molecule has 4 nitrogen and oxygen atoms in total. The van der Waals surface area contributed by atoms with Gasteiger partial charge in [-0.1, -0.05) is 24.3 Å². The molecule has 0 fully saturated rings. The number of imidazole rings is 1. The van der Waals surface area contributed by atoms with Gasteiger partial charge in [-0.25, -0.2) is 4.98 Å². The molecule has 102 valence electrons. The molecular weight excluding hydrogens is 284 g/mol. The van der Waals surface area contributed by atoms with Crippen molar-refractivity contribution in [1.82, 2.24) is 9.97 Å². The molecule has 0 saturated carbocycles. The second-order valence-electron chi connectivity index (χ2n) is 4.63. The van der Waals surface area contributed by atoms with Crippen molar-refractivity contribution in [3.8, 4) is 0 Å². The first-order chi connectivity index (χ1) is 10.3. The van der Waals surface area contributed by atoms with Crippen molar-refractivity contribution in [1.29, 1.82) is 0 Å². The second kappa shape index (κ2) is 4.79. The fourth-order valence-corrected chi connectivity index (χ4v) is 2.95. The summed E-state index contributed by atoms with van der Waals surface area (Å²) < 4.78 is 5.09. The number of hydrogen-bond acceptors (Lipinski definition) is 4. The largest absolute Gasteiger partial charge is 0.460 e. The lowest BCUT2D eigenvalue weighted by Crippen LogP contribution is -1.90. The summed E-state index contributed by atoms with van der Waals surface area (Å²) in [5.41, 5.74) is 1.77. The third kappa shape index (κ3) is 2.21. The number of aromatic nitrogens is 2. The molecule has 0 aliphatic carbocycles. The quantitative estimate of drug-likeness (QED) is 0.562. The van der Waals surface area contributed by atoms with Gasteiger partial charge in [0.15, 0.2) is 10.9 Å². The molecule has 0 aliphatic heterocycles. The normalized spacial score (nSPS) is 11.2. The zero-order chi connectivity index (χ0) is 14.2. The van der Waals surface area contributed by atoms with Crippen molar-refractivity contribution in [2.45, 2.75) is 5.16 Å². The number of carbonyl (C=O) groups excluding carboxylic acids is 1.